The molecule has 1 fully saturated rings. The lowest BCUT2D eigenvalue weighted by molar-refractivity contribution is -0.117. The average Bonchev–Trinajstić information content (AvgIpc) is 3.33. The molecular weight excluding hydrogens is 304 g/mol. The van der Waals surface area contributed by atoms with Crippen molar-refractivity contribution >= 4 is 23.2 Å². The third-order valence-electron chi connectivity index (χ3n) is 4.22. The Morgan fingerprint density at radius 3 is 2.33 bits per heavy atom. The van der Waals surface area contributed by atoms with Crippen molar-refractivity contribution in [2.45, 2.75) is 13.3 Å². The third-order valence-corrected chi connectivity index (χ3v) is 4.22. The number of amides is 2. The molecule has 0 heterocycles. The largest absolute Gasteiger partial charge is 0.495 e. The molecule has 0 bridgehead atoms. The molecule has 1 aliphatic rings. The number of carbonyl (C=O) groups is 2. The van der Waals surface area contributed by atoms with E-state index in [1.165, 1.54) is 0 Å². The van der Waals surface area contributed by atoms with E-state index in [1.54, 1.807) is 43.5 Å². The van der Waals surface area contributed by atoms with Gasteiger partial charge in [0.2, 0.25) is 5.91 Å². The highest BCUT2D eigenvalue weighted by Crippen LogP contribution is 2.38. The number of hydrogen-bond donors (Lipinski definition) is 2. The number of para-hydroxylation sites is 2. The predicted molar refractivity (Wildman–Crippen MR) is 93.3 cm³/mol. The van der Waals surface area contributed by atoms with E-state index in [0.29, 0.717) is 28.6 Å². The minimum Gasteiger partial charge on any atom is -0.495 e. The fraction of sp³-hybridized carbons (Fsp3) is 0.263. The van der Waals surface area contributed by atoms with Crippen molar-refractivity contribution < 1.29 is 14.3 Å². The quantitative estimate of drug-likeness (QED) is 0.884. The molecule has 5 nitrogen and oxygen atoms in total. The predicted octanol–water partition coefficient (Wildman–Crippen LogP) is 3.54. The van der Waals surface area contributed by atoms with E-state index >= 15 is 0 Å². The maximum Gasteiger partial charge on any atom is 0.255 e. The number of rotatable bonds is 5. The van der Waals surface area contributed by atoms with Crippen LogP contribution in [-0.4, -0.2) is 18.9 Å². The van der Waals surface area contributed by atoms with Gasteiger partial charge in [0.15, 0.2) is 0 Å². The summed E-state index contributed by atoms with van der Waals surface area (Å²) in [6.45, 7) is 2.07. The van der Waals surface area contributed by atoms with Crippen LogP contribution >= 0.6 is 0 Å². The van der Waals surface area contributed by atoms with Gasteiger partial charge in [0.25, 0.3) is 5.91 Å². The number of carbonyl (C=O) groups excluding carboxylic acids is 2. The van der Waals surface area contributed by atoms with Gasteiger partial charge in [-0.2, -0.15) is 0 Å². The van der Waals surface area contributed by atoms with Crippen molar-refractivity contribution in [2.75, 3.05) is 17.7 Å². The van der Waals surface area contributed by atoms with Gasteiger partial charge < -0.3 is 15.4 Å². The van der Waals surface area contributed by atoms with Gasteiger partial charge in [-0.1, -0.05) is 19.1 Å². The molecule has 0 aliphatic heterocycles. The zero-order valence-electron chi connectivity index (χ0n) is 13.7. The summed E-state index contributed by atoms with van der Waals surface area (Å²) in [4.78, 5) is 24.2. The zero-order chi connectivity index (χ0) is 17.1. The molecule has 5 heteroatoms. The molecule has 0 radical (unpaired) electrons. The highest BCUT2D eigenvalue weighted by atomic mass is 16.5. The highest BCUT2D eigenvalue weighted by Gasteiger charge is 2.39. The zero-order valence-corrected chi connectivity index (χ0v) is 13.7. The smallest absolute Gasteiger partial charge is 0.255 e. The highest BCUT2D eigenvalue weighted by molar-refractivity contribution is 6.05. The summed E-state index contributed by atoms with van der Waals surface area (Å²) in [5.41, 5.74) is 1.83. The molecule has 0 aromatic heterocycles. The number of benzene rings is 2. The molecule has 2 atom stereocenters. The van der Waals surface area contributed by atoms with Crippen molar-refractivity contribution in [1.82, 2.24) is 0 Å². The molecule has 2 aromatic carbocycles. The number of nitrogens with one attached hydrogen (secondary N) is 2. The molecule has 1 saturated carbocycles. The van der Waals surface area contributed by atoms with Gasteiger partial charge in [0.05, 0.1) is 12.8 Å². The van der Waals surface area contributed by atoms with Crippen molar-refractivity contribution in [3.8, 4) is 5.75 Å². The number of anilines is 2. The average molecular weight is 324 g/mol. The van der Waals surface area contributed by atoms with Gasteiger partial charge in [-0.15, -0.1) is 0 Å². The Hall–Kier alpha value is -2.82. The molecule has 3 rings (SSSR count). The molecule has 1 aliphatic carbocycles. The standard InChI is InChI=1S/C19H20N2O3/c1-12-11-15(12)19(23)20-14-9-7-13(8-10-14)18(22)21-16-5-3-4-6-17(16)24-2/h3-10,12,15H,11H2,1-2H3,(H,20,23)(H,21,22)/t12-,15-/m1/s1. The minimum atomic E-state index is -0.229. The van der Waals surface area contributed by atoms with E-state index in [-0.39, 0.29) is 17.7 Å². The van der Waals surface area contributed by atoms with Gasteiger partial charge >= 0.3 is 0 Å². The monoisotopic (exact) mass is 324 g/mol. The van der Waals surface area contributed by atoms with Crippen LogP contribution in [-0.2, 0) is 4.79 Å². The third kappa shape index (κ3) is 3.56. The van der Waals surface area contributed by atoms with Crippen LogP contribution in [0.15, 0.2) is 48.5 Å². The van der Waals surface area contributed by atoms with Crippen LogP contribution in [0.2, 0.25) is 0 Å². The normalized spacial score (nSPS) is 18.6. The van der Waals surface area contributed by atoms with E-state index in [9.17, 15) is 9.59 Å². The second-order valence-corrected chi connectivity index (χ2v) is 6.04. The lowest BCUT2D eigenvalue weighted by Crippen LogP contribution is -2.15. The molecule has 2 N–H and O–H groups in total. The second kappa shape index (κ2) is 6.74. The summed E-state index contributed by atoms with van der Waals surface area (Å²) in [6, 6.07) is 14.1. The van der Waals surface area contributed by atoms with Crippen molar-refractivity contribution in [2.24, 2.45) is 11.8 Å². The summed E-state index contributed by atoms with van der Waals surface area (Å²) in [5.74, 6) is 1.02. The number of ether oxygens (including phenoxy) is 1. The van der Waals surface area contributed by atoms with Gasteiger partial charge in [-0.05, 0) is 48.7 Å². The van der Waals surface area contributed by atoms with E-state index in [4.69, 9.17) is 4.74 Å². The Kier molecular flexibility index (Phi) is 4.51. The van der Waals surface area contributed by atoms with E-state index < -0.39 is 0 Å². The van der Waals surface area contributed by atoms with Crippen LogP contribution in [0.25, 0.3) is 0 Å². The van der Waals surface area contributed by atoms with Gasteiger partial charge in [0.1, 0.15) is 5.75 Å². The van der Waals surface area contributed by atoms with Crippen LogP contribution < -0.4 is 15.4 Å². The Balaban J connectivity index is 1.64. The fourth-order valence-corrected chi connectivity index (χ4v) is 2.57. The summed E-state index contributed by atoms with van der Waals surface area (Å²) >= 11 is 0. The van der Waals surface area contributed by atoms with Crippen LogP contribution in [0.4, 0.5) is 11.4 Å². The van der Waals surface area contributed by atoms with Crippen LogP contribution in [0.1, 0.15) is 23.7 Å². The van der Waals surface area contributed by atoms with Crippen molar-refractivity contribution in [1.29, 1.82) is 0 Å². The molecule has 0 spiro atoms. The molecule has 124 valence electrons. The minimum absolute atomic E-state index is 0.0497. The molecule has 2 amide bonds. The lowest BCUT2D eigenvalue weighted by atomic mass is 10.1. The first-order valence-electron chi connectivity index (χ1n) is 7.94. The number of methoxy groups -OCH3 is 1. The molecule has 2 aromatic rings. The second-order valence-electron chi connectivity index (χ2n) is 6.04. The topological polar surface area (TPSA) is 67.4 Å². The SMILES string of the molecule is COc1ccccc1NC(=O)c1ccc(NC(=O)[C@@H]2C[C@H]2C)cc1. The first-order valence-corrected chi connectivity index (χ1v) is 7.94. The lowest BCUT2D eigenvalue weighted by Gasteiger charge is -2.10. The van der Waals surface area contributed by atoms with Gasteiger partial charge in [-0.25, -0.2) is 0 Å². The molecular formula is C19H20N2O3. The first-order chi connectivity index (χ1) is 11.6. The number of hydrogen-bond acceptors (Lipinski definition) is 3. The molecule has 24 heavy (non-hydrogen) atoms. The summed E-state index contributed by atoms with van der Waals surface area (Å²) < 4.78 is 5.22. The molecule has 0 unspecified atom stereocenters. The van der Waals surface area contributed by atoms with Crippen molar-refractivity contribution in [3.05, 3.63) is 54.1 Å². The molecule has 0 saturated heterocycles. The first kappa shape index (κ1) is 16.1. The Labute approximate surface area is 141 Å². The van der Waals surface area contributed by atoms with Gasteiger partial charge in [-0.3, -0.25) is 9.59 Å². The summed E-state index contributed by atoms with van der Waals surface area (Å²) in [5, 5.41) is 5.70. The Bertz CT molecular complexity index is 755. The van der Waals surface area contributed by atoms with E-state index in [1.807, 2.05) is 12.1 Å². The van der Waals surface area contributed by atoms with E-state index in [0.717, 1.165) is 6.42 Å². The van der Waals surface area contributed by atoms with Crippen molar-refractivity contribution in [3.63, 3.8) is 0 Å². The fourth-order valence-electron chi connectivity index (χ4n) is 2.57. The summed E-state index contributed by atoms with van der Waals surface area (Å²) in [7, 11) is 1.56. The maximum absolute atomic E-state index is 12.3. The maximum atomic E-state index is 12.3. The summed E-state index contributed by atoms with van der Waals surface area (Å²) in [6.07, 6.45) is 0.950. The van der Waals surface area contributed by atoms with Crippen LogP contribution in [0.3, 0.4) is 0 Å². The van der Waals surface area contributed by atoms with Crippen LogP contribution in [0.5, 0.6) is 5.75 Å². The van der Waals surface area contributed by atoms with Crippen LogP contribution in [0, 0.1) is 11.8 Å². The van der Waals surface area contributed by atoms with Gasteiger partial charge in [0, 0.05) is 17.2 Å². The Morgan fingerprint density at radius 1 is 1.04 bits per heavy atom. The van der Waals surface area contributed by atoms with E-state index in [2.05, 4.69) is 17.6 Å². The Morgan fingerprint density at radius 2 is 1.71 bits per heavy atom.